The molecule has 14 heteroatoms. The van der Waals surface area contributed by atoms with E-state index in [0.29, 0.717) is 0 Å². The van der Waals surface area contributed by atoms with Crippen molar-refractivity contribution in [2.75, 3.05) is 13.7 Å². The Kier molecular flexibility index (Phi) is 9.02. The van der Waals surface area contributed by atoms with Gasteiger partial charge in [-0.1, -0.05) is 0 Å². The molecule has 0 spiro atoms. The molecule has 2 aliphatic heterocycles. The van der Waals surface area contributed by atoms with Gasteiger partial charge in [-0.3, -0.25) is 0 Å². The highest BCUT2D eigenvalue weighted by atomic mass is 16.7. The first kappa shape index (κ1) is 27.0. The summed E-state index contributed by atoms with van der Waals surface area (Å²) in [4.78, 5) is 0. The number of rotatable bonds is 6. The molecule has 0 amide bonds. The Bertz CT molecular complexity index is 635. The SMILES string of the molecule is CN[C@@H]1[C@@H](O)[C@@H](O[C@@H]2[C@@H](O)[C@H](O[C@H]3O[C@H]([C@@H](C)O)[C@@H](O)[C@H](O)[C@H]3N)[C@@H](N)C[C@H]2N)OC[C@@H]1O. The fourth-order valence-electron chi connectivity index (χ4n) is 4.66. The third kappa shape index (κ3) is 5.49. The zero-order valence-electron chi connectivity index (χ0n) is 18.6. The van der Waals surface area contributed by atoms with E-state index in [1.807, 2.05) is 0 Å². The van der Waals surface area contributed by atoms with Crippen LogP contribution in [0.15, 0.2) is 0 Å². The summed E-state index contributed by atoms with van der Waals surface area (Å²) in [5.74, 6) is 0. The maximum atomic E-state index is 11.0. The van der Waals surface area contributed by atoms with Gasteiger partial charge in [-0.2, -0.15) is 0 Å². The van der Waals surface area contributed by atoms with Crippen LogP contribution in [0.1, 0.15) is 13.3 Å². The maximum absolute atomic E-state index is 11.0. The van der Waals surface area contributed by atoms with Gasteiger partial charge in [0, 0.05) is 12.1 Å². The first-order chi connectivity index (χ1) is 15.5. The topological polar surface area (TPSA) is 248 Å². The lowest BCUT2D eigenvalue weighted by Crippen LogP contribution is -2.69. The minimum absolute atomic E-state index is 0.101. The summed E-state index contributed by atoms with van der Waals surface area (Å²) >= 11 is 0. The van der Waals surface area contributed by atoms with Crippen molar-refractivity contribution < 1.29 is 49.6 Å². The Morgan fingerprint density at radius 2 is 1.45 bits per heavy atom. The van der Waals surface area contributed by atoms with Crippen molar-refractivity contribution in [3.8, 4) is 0 Å². The first-order valence-electron chi connectivity index (χ1n) is 11.1. The molecule has 2 heterocycles. The highest BCUT2D eigenvalue weighted by Crippen LogP contribution is 2.30. The van der Waals surface area contributed by atoms with Gasteiger partial charge in [0.25, 0.3) is 0 Å². The third-order valence-corrected chi connectivity index (χ3v) is 6.63. The van der Waals surface area contributed by atoms with Crippen LogP contribution in [0.3, 0.4) is 0 Å². The Labute approximate surface area is 191 Å². The molecule has 0 aromatic carbocycles. The van der Waals surface area contributed by atoms with Crippen LogP contribution < -0.4 is 22.5 Å². The number of hydrogen-bond acceptors (Lipinski definition) is 14. The number of likely N-dealkylation sites (N-methyl/N-ethyl adjacent to an activating group) is 1. The summed E-state index contributed by atoms with van der Waals surface area (Å²) in [5.41, 5.74) is 18.3. The van der Waals surface area contributed by atoms with Gasteiger partial charge in [0.2, 0.25) is 0 Å². The Morgan fingerprint density at radius 1 is 0.879 bits per heavy atom. The Balaban J connectivity index is 1.71. The van der Waals surface area contributed by atoms with E-state index < -0.39 is 91.7 Å². The molecule has 14 nitrogen and oxygen atoms in total. The number of nitrogens with one attached hydrogen (secondary N) is 1. The number of aliphatic hydroxyl groups excluding tert-OH is 6. The summed E-state index contributed by atoms with van der Waals surface area (Å²) in [7, 11) is 1.57. The average Bonchev–Trinajstić information content (AvgIpc) is 2.75. The zero-order chi connectivity index (χ0) is 24.6. The van der Waals surface area contributed by atoms with Crippen molar-refractivity contribution in [3.05, 3.63) is 0 Å². The lowest BCUT2D eigenvalue weighted by molar-refractivity contribution is -0.315. The normalized spacial score (nSPS) is 52.5. The highest BCUT2D eigenvalue weighted by Gasteiger charge is 2.51. The van der Waals surface area contributed by atoms with Crippen LogP contribution in [0.5, 0.6) is 0 Å². The van der Waals surface area contributed by atoms with Gasteiger partial charge in [0.15, 0.2) is 12.6 Å². The molecular formula is C19H38N4O10. The van der Waals surface area contributed by atoms with Gasteiger partial charge in [0.05, 0.1) is 30.9 Å². The molecule has 3 aliphatic rings. The van der Waals surface area contributed by atoms with Gasteiger partial charge in [-0.05, 0) is 20.4 Å². The minimum atomic E-state index is -1.45. The Hall–Kier alpha value is -0.560. The van der Waals surface area contributed by atoms with Crippen LogP contribution in [-0.4, -0.2) is 136 Å². The number of hydrogen-bond donors (Lipinski definition) is 10. The smallest absolute Gasteiger partial charge is 0.185 e. The molecule has 33 heavy (non-hydrogen) atoms. The van der Waals surface area contributed by atoms with E-state index in [4.69, 9.17) is 36.1 Å². The van der Waals surface area contributed by atoms with Crippen molar-refractivity contribution in [2.45, 2.75) is 105 Å². The number of ether oxygens (including phenoxy) is 4. The monoisotopic (exact) mass is 482 g/mol. The molecule has 194 valence electrons. The second-order valence-electron chi connectivity index (χ2n) is 9.10. The lowest BCUT2D eigenvalue weighted by atomic mass is 9.84. The van der Waals surface area contributed by atoms with Crippen molar-refractivity contribution in [2.24, 2.45) is 17.2 Å². The van der Waals surface area contributed by atoms with E-state index in [0.717, 1.165) is 0 Å². The molecule has 0 unspecified atom stereocenters. The molecule has 2 saturated heterocycles. The predicted molar refractivity (Wildman–Crippen MR) is 111 cm³/mol. The highest BCUT2D eigenvalue weighted by molar-refractivity contribution is 5.01. The Morgan fingerprint density at radius 3 is 2.00 bits per heavy atom. The molecule has 0 radical (unpaired) electrons. The molecule has 3 rings (SSSR count). The molecule has 1 aliphatic carbocycles. The molecule has 0 aromatic rings. The summed E-state index contributed by atoms with van der Waals surface area (Å²) in [6, 6.07) is -3.40. The van der Waals surface area contributed by atoms with Gasteiger partial charge >= 0.3 is 0 Å². The molecule has 0 aromatic heterocycles. The van der Waals surface area contributed by atoms with Crippen LogP contribution in [0.25, 0.3) is 0 Å². The van der Waals surface area contributed by atoms with Crippen LogP contribution >= 0.6 is 0 Å². The molecule has 13 N–H and O–H groups in total. The third-order valence-electron chi connectivity index (χ3n) is 6.63. The second kappa shape index (κ2) is 11.0. The lowest BCUT2D eigenvalue weighted by Gasteiger charge is -2.48. The van der Waals surface area contributed by atoms with Gasteiger partial charge in [-0.25, -0.2) is 0 Å². The standard InChI is InChI=1S/C19H38N4O10/c1-5(24)15-13(28)11(26)9(22)18(31-15)32-16-6(20)3-7(21)17(14(16)29)33-19-12(27)10(23-2)8(25)4-30-19/h5-19,23-29H,3-4,20-22H2,1-2H3/t5-,6+,7-,8+,9-,10+,11-,12-,13+,14+,15-,16-,17+,18-,19-/m1/s1. The molecule has 0 bridgehead atoms. The fourth-order valence-corrected chi connectivity index (χ4v) is 4.66. The van der Waals surface area contributed by atoms with Crippen LogP contribution in [-0.2, 0) is 18.9 Å². The van der Waals surface area contributed by atoms with Gasteiger partial charge in [0.1, 0.15) is 42.7 Å². The number of nitrogens with two attached hydrogens (primary N) is 3. The molecule has 1 saturated carbocycles. The summed E-state index contributed by atoms with van der Waals surface area (Å²) < 4.78 is 22.6. The van der Waals surface area contributed by atoms with Gasteiger partial charge in [-0.15, -0.1) is 0 Å². The van der Waals surface area contributed by atoms with E-state index in [1.54, 1.807) is 7.05 Å². The average molecular weight is 483 g/mol. The maximum Gasteiger partial charge on any atom is 0.185 e. The summed E-state index contributed by atoms with van der Waals surface area (Å²) in [6.07, 6.45) is -13.3. The van der Waals surface area contributed by atoms with Crippen LogP contribution in [0.4, 0.5) is 0 Å². The quantitative estimate of drug-likeness (QED) is 0.169. The van der Waals surface area contributed by atoms with Crippen LogP contribution in [0.2, 0.25) is 0 Å². The van der Waals surface area contributed by atoms with Crippen molar-refractivity contribution >= 4 is 0 Å². The predicted octanol–water partition coefficient (Wildman–Crippen LogP) is -6.00. The van der Waals surface area contributed by atoms with E-state index in [2.05, 4.69) is 5.32 Å². The zero-order valence-corrected chi connectivity index (χ0v) is 18.6. The minimum Gasteiger partial charge on any atom is -0.391 e. The number of aliphatic hydroxyl groups is 6. The fraction of sp³-hybridized carbons (Fsp3) is 1.00. The van der Waals surface area contributed by atoms with E-state index in [9.17, 15) is 30.6 Å². The van der Waals surface area contributed by atoms with Gasteiger partial charge < -0.3 is 72.1 Å². The van der Waals surface area contributed by atoms with E-state index in [1.165, 1.54) is 6.92 Å². The second-order valence-corrected chi connectivity index (χ2v) is 9.10. The van der Waals surface area contributed by atoms with Crippen molar-refractivity contribution in [3.63, 3.8) is 0 Å². The molecule has 15 atom stereocenters. The molecule has 3 fully saturated rings. The first-order valence-corrected chi connectivity index (χ1v) is 11.1. The van der Waals surface area contributed by atoms with Crippen molar-refractivity contribution in [1.82, 2.24) is 5.32 Å². The van der Waals surface area contributed by atoms with E-state index in [-0.39, 0.29) is 13.0 Å². The molecular weight excluding hydrogens is 444 g/mol. The van der Waals surface area contributed by atoms with Crippen molar-refractivity contribution in [1.29, 1.82) is 0 Å². The van der Waals surface area contributed by atoms with E-state index >= 15 is 0 Å². The van der Waals surface area contributed by atoms with Crippen LogP contribution in [0, 0.1) is 0 Å². The summed E-state index contributed by atoms with van der Waals surface area (Å²) in [5, 5.41) is 64.5. The summed E-state index contributed by atoms with van der Waals surface area (Å²) in [6.45, 7) is 1.28. The largest absolute Gasteiger partial charge is 0.391 e.